The van der Waals surface area contributed by atoms with Crippen molar-refractivity contribution in [3.8, 4) is 11.6 Å². The number of fused-ring (bicyclic) bond motifs is 1. The van der Waals surface area contributed by atoms with Gasteiger partial charge in [0.1, 0.15) is 21.4 Å². The van der Waals surface area contributed by atoms with Gasteiger partial charge in [0.15, 0.2) is 0 Å². The van der Waals surface area contributed by atoms with E-state index in [1.54, 1.807) is 6.20 Å². The predicted octanol–water partition coefficient (Wildman–Crippen LogP) is 3.58. The average Bonchev–Trinajstić information content (AvgIpc) is 3.37. The fourth-order valence-electron chi connectivity index (χ4n) is 5.71. The molecule has 10 nitrogen and oxygen atoms in total. The molecule has 1 saturated heterocycles. The third kappa shape index (κ3) is 7.31. The molecule has 1 aliphatic heterocycles. The van der Waals surface area contributed by atoms with Crippen molar-refractivity contribution in [1.82, 2.24) is 19.4 Å². The topological polar surface area (TPSA) is 127 Å². The number of aromatic nitrogens is 3. The van der Waals surface area contributed by atoms with E-state index in [4.69, 9.17) is 9.72 Å². The number of carbonyl (C=O) groups is 1. The van der Waals surface area contributed by atoms with Gasteiger partial charge in [-0.05, 0) is 75.1 Å². The van der Waals surface area contributed by atoms with E-state index < -0.39 is 9.84 Å². The van der Waals surface area contributed by atoms with E-state index in [-0.39, 0.29) is 23.8 Å². The van der Waals surface area contributed by atoms with Gasteiger partial charge in [0.2, 0.25) is 11.9 Å². The number of sulfone groups is 1. The van der Waals surface area contributed by atoms with Crippen molar-refractivity contribution in [1.29, 1.82) is 0 Å². The second-order valence-electron chi connectivity index (χ2n) is 11.1. The largest absolute Gasteiger partial charge is 0.493 e. The number of rotatable bonds is 10. The van der Waals surface area contributed by atoms with Gasteiger partial charge in [0, 0.05) is 49.6 Å². The molecule has 11 heteroatoms. The molecule has 1 aromatic carbocycles. The molecule has 5 rings (SSSR count). The molecule has 2 aliphatic rings. The van der Waals surface area contributed by atoms with Gasteiger partial charge < -0.3 is 24.6 Å². The molecule has 1 amide bonds. The lowest BCUT2D eigenvalue weighted by Gasteiger charge is -2.33. The molecule has 1 aliphatic carbocycles. The number of piperidine rings is 1. The zero-order chi connectivity index (χ0) is 28.1. The minimum atomic E-state index is -3.01. The molecule has 3 heterocycles. The minimum Gasteiger partial charge on any atom is -0.493 e. The smallest absolute Gasteiger partial charge is 0.224 e. The number of hydrogen-bond donors (Lipinski definition) is 2. The van der Waals surface area contributed by atoms with Crippen LogP contribution in [0.25, 0.3) is 16.7 Å². The number of nitrogens with one attached hydrogen (secondary N) is 1. The van der Waals surface area contributed by atoms with E-state index in [0.29, 0.717) is 63.0 Å². The lowest BCUT2D eigenvalue weighted by atomic mass is 9.83. The van der Waals surface area contributed by atoms with E-state index in [1.165, 1.54) is 6.26 Å². The highest BCUT2D eigenvalue weighted by Crippen LogP contribution is 2.31. The first kappa shape index (κ1) is 28.4. The van der Waals surface area contributed by atoms with Crippen molar-refractivity contribution in [2.75, 3.05) is 37.0 Å². The molecule has 2 N–H and O–H groups in total. The second kappa shape index (κ2) is 12.6. The Kier molecular flexibility index (Phi) is 8.90. The molecule has 0 bridgehead atoms. The molecule has 0 unspecified atom stereocenters. The van der Waals surface area contributed by atoms with Crippen LogP contribution >= 0.6 is 0 Å². The molecule has 40 heavy (non-hydrogen) atoms. The summed E-state index contributed by atoms with van der Waals surface area (Å²) in [6.07, 6.45) is 11.0. The summed E-state index contributed by atoms with van der Waals surface area (Å²) in [4.78, 5) is 23.8. The molecule has 2 aromatic heterocycles. The van der Waals surface area contributed by atoms with Crippen molar-refractivity contribution in [2.45, 2.75) is 63.5 Å². The van der Waals surface area contributed by atoms with Crippen LogP contribution in [0.4, 0.5) is 5.95 Å². The standard InChI is InChI=1S/C29H39N5O5S/c1-40(37,38)19-3-18-39-26-5-2-4-25-24(26)13-17-34(25)27-10-14-30-29(32-27)31-22-8-6-21(7-9-22)20-28(36)33-15-11-23(35)12-16-33/h2,4-5,10,13-14,17,21-23,35H,3,6-9,11-12,15-16,18-20H2,1H3,(H,30,31,32). The zero-order valence-corrected chi connectivity index (χ0v) is 23.9. The summed E-state index contributed by atoms with van der Waals surface area (Å²) in [5.74, 6) is 2.77. The van der Waals surface area contributed by atoms with Gasteiger partial charge in [0.05, 0.1) is 24.0 Å². The van der Waals surface area contributed by atoms with Gasteiger partial charge >= 0.3 is 0 Å². The first-order chi connectivity index (χ1) is 19.2. The zero-order valence-electron chi connectivity index (χ0n) is 23.0. The van der Waals surface area contributed by atoms with Gasteiger partial charge in [-0.25, -0.2) is 13.4 Å². The van der Waals surface area contributed by atoms with Crippen LogP contribution in [0.3, 0.4) is 0 Å². The highest BCUT2D eigenvalue weighted by molar-refractivity contribution is 7.90. The highest BCUT2D eigenvalue weighted by atomic mass is 32.2. The van der Waals surface area contributed by atoms with E-state index in [1.807, 2.05) is 46.0 Å². The maximum atomic E-state index is 12.7. The van der Waals surface area contributed by atoms with E-state index in [9.17, 15) is 18.3 Å². The summed E-state index contributed by atoms with van der Waals surface area (Å²) < 4.78 is 30.7. The van der Waals surface area contributed by atoms with Crippen LogP contribution in [0.15, 0.2) is 42.7 Å². The number of amides is 1. The number of carbonyl (C=O) groups excluding carboxylic acids is 1. The van der Waals surface area contributed by atoms with Crippen molar-refractivity contribution >= 4 is 32.6 Å². The minimum absolute atomic E-state index is 0.102. The number of anilines is 1. The van der Waals surface area contributed by atoms with Crippen LogP contribution < -0.4 is 10.1 Å². The molecular weight excluding hydrogens is 530 g/mol. The first-order valence-corrected chi connectivity index (χ1v) is 16.3. The Morgan fingerprint density at radius 2 is 1.88 bits per heavy atom. The first-order valence-electron chi connectivity index (χ1n) is 14.2. The number of nitrogens with zero attached hydrogens (tertiary/aromatic N) is 4. The molecule has 1 saturated carbocycles. The fraction of sp³-hybridized carbons (Fsp3) is 0.552. The third-order valence-electron chi connectivity index (χ3n) is 7.96. The third-order valence-corrected chi connectivity index (χ3v) is 8.99. The van der Waals surface area contributed by atoms with Crippen molar-refractivity contribution in [3.05, 3.63) is 42.7 Å². The lowest BCUT2D eigenvalue weighted by molar-refractivity contribution is -0.134. The number of aliphatic hydroxyl groups is 1. The predicted molar refractivity (Wildman–Crippen MR) is 154 cm³/mol. The second-order valence-corrected chi connectivity index (χ2v) is 13.4. The Morgan fingerprint density at radius 3 is 2.62 bits per heavy atom. The Bertz CT molecular complexity index is 1410. The van der Waals surface area contributed by atoms with Gasteiger partial charge in [-0.1, -0.05) is 6.07 Å². The van der Waals surface area contributed by atoms with Crippen molar-refractivity contribution in [2.24, 2.45) is 5.92 Å². The molecule has 0 spiro atoms. The van der Waals surface area contributed by atoms with Gasteiger partial charge in [0.25, 0.3) is 0 Å². The Morgan fingerprint density at radius 1 is 1.10 bits per heavy atom. The number of likely N-dealkylation sites (tertiary alicyclic amines) is 1. The Hall–Kier alpha value is -3.18. The van der Waals surface area contributed by atoms with E-state index in [0.717, 1.165) is 42.4 Å². The van der Waals surface area contributed by atoms with Crippen LogP contribution in [0.5, 0.6) is 5.75 Å². The molecule has 0 radical (unpaired) electrons. The summed E-state index contributed by atoms with van der Waals surface area (Å²) in [7, 11) is -3.01. The number of hydrogen-bond acceptors (Lipinski definition) is 8. The molecule has 3 aromatic rings. The lowest BCUT2D eigenvalue weighted by Crippen LogP contribution is -2.41. The van der Waals surface area contributed by atoms with Crippen molar-refractivity contribution in [3.63, 3.8) is 0 Å². The number of ether oxygens (including phenoxy) is 1. The molecular formula is C29H39N5O5S. The van der Waals surface area contributed by atoms with E-state index in [2.05, 4.69) is 10.3 Å². The molecule has 2 fully saturated rings. The number of aliphatic hydroxyl groups excluding tert-OH is 1. The van der Waals surface area contributed by atoms with Crippen LogP contribution in [-0.2, 0) is 14.6 Å². The summed E-state index contributed by atoms with van der Waals surface area (Å²) in [6.45, 7) is 1.67. The SMILES string of the molecule is CS(=O)(=O)CCCOc1cccc2c1ccn2-c1ccnc(NC2CCC(CC(=O)N3CCC(O)CC3)CC2)n1. The van der Waals surface area contributed by atoms with Gasteiger partial charge in [-0.15, -0.1) is 0 Å². The van der Waals surface area contributed by atoms with Crippen LogP contribution in [0.2, 0.25) is 0 Å². The van der Waals surface area contributed by atoms with Crippen LogP contribution in [-0.4, -0.2) is 82.7 Å². The fourth-order valence-corrected chi connectivity index (χ4v) is 6.35. The summed E-state index contributed by atoms with van der Waals surface area (Å²) in [6, 6.07) is 9.92. The van der Waals surface area contributed by atoms with E-state index >= 15 is 0 Å². The molecule has 0 atom stereocenters. The maximum Gasteiger partial charge on any atom is 0.224 e. The molecule has 216 valence electrons. The maximum absolute atomic E-state index is 12.7. The van der Waals surface area contributed by atoms with Crippen LogP contribution in [0, 0.1) is 5.92 Å². The summed E-state index contributed by atoms with van der Waals surface area (Å²) in [5.41, 5.74) is 0.943. The quantitative estimate of drug-likeness (QED) is 0.355. The van der Waals surface area contributed by atoms with Gasteiger partial charge in [-0.3, -0.25) is 4.79 Å². The average molecular weight is 570 g/mol. The monoisotopic (exact) mass is 569 g/mol. The summed E-state index contributed by atoms with van der Waals surface area (Å²) in [5, 5.41) is 14.1. The Balaban J connectivity index is 1.16. The number of benzene rings is 1. The van der Waals surface area contributed by atoms with Crippen molar-refractivity contribution < 1.29 is 23.1 Å². The van der Waals surface area contributed by atoms with Gasteiger partial charge in [-0.2, -0.15) is 4.98 Å². The normalized spacial score (nSPS) is 20.5. The Labute approximate surface area is 235 Å². The summed E-state index contributed by atoms with van der Waals surface area (Å²) >= 11 is 0. The van der Waals surface area contributed by atoms with Crippen LogP contribution in [0.1, 0.15) is 51.4 Å². The highest BCUT2D eigenvalue weighted by Gasteiger charge is 2.27.